The summed E-state index contributed by atoms with van der Waals surface area (Å²) in [6.07, 6.45) is 1.48. The number of aliphatic hydroxyl groups excluding tert-OH is 1. The summed E-state index contributed by atoms with van der Waals surface area (Å²) >= 11 is 0. The van der Waals surface area contributed by atoms with Crippen molar-refractivity contribution in [3.05, 3.63) is 132 Å². The molecule has 8 rings (SSSR count). The molecule has 1 N–H and O–H groups in total. The van der Waals surface area contributed by atoms with Crippen LogP contribution in [0, 0.1) is 0 Å². The summed E-state index contributed by atoms with van der Waals surface area (Å²) in [5.74, 6) is 0. The molecule has 4 aromatic rings. The van der Waals surface area contributed by atoms with Crippen LogP contribution >= 0.6 is 0 Å². The predicted molar refractivity (Wildman–Crippen MR) is 235 cm³/mol. The number of ether oxygens (including phenoxy) is 6. The Kier molecular flexibility index (Phi) is 13.5. The molecule has 0 aromatic heterocycles. The van der Waals surface area contributed by atoms with Crippen molar-refractivity contribution in [3.63, 3.8) is 0 Å². The molecule has 0 bridgehead atoms. The van der Waals surface area contributed by atoms with Crippen molar-refractivity contribution in [2.45, 2.75) is 152 Å². The minimum Gasteiger partial charge on any atom is -0.391 e. The van der Waals surface area contributed by atoms with Gasteiger partial charge in [-0.15, -0.1) is 0 Å². The maximum atomic E-state index is 11.7. The van der Waals surface area contributed by atoms with Crippen LogP contribution in [-0.2, 0) is 57.1 Å². The van der Waals surface area contributed by atoms with Crippen LogP contribution < -0.4 is 0 Å². The molecule has 0 saturated carbocycles. The van der Waals surface area contributed by atoms with Gasteiger partial charge in [0, 0.05) is 29.3 Å². The number of hydrogen-bond donors (Lipinski definition) is 1. The molecule has 322 valence electrons. The summed E-state index contributed by atoms with van der Waals surface area (Å²) in [5.41, 5.74) is 3.26. The largest absolute Gasteiger partial charge is 0.391 e. The van der Waals surface area contributed by atoms with Gasteiger partial charge in [-0.25, -0.2) is 0 Å². The van der Waals surface area contributed by atoms with E-state index in [1.807, 2.05) is 48.6 Å². The Morgan fingerprint density at radius 2 is 1.23 bits per heavy atom. The molecular formula is C50H64O9Si. The molecule has 60 heavy (non-hydrogen) atoms. The smallest absolute Gasteiger partial charge is 0.349 e. The van der Waals surface area contributed by atoms with E-state index in [0.29, 0.717) is 52.3 Å². The second-order valence-corrected chi connectivity index (χ2v) is 23.9. The van der Waals surface area contributed by atoms with E-state index in [2.05, 4.69) is 108 Å². The van der Waals surface area contributed by atoms with Crippen molar-refractivity contribution < 1.29 is 42.4 Å². The first-order chi connectivity index (χ1) is 28.8. The molecule has 0 spiro atoms. The summed E-state index contributed by atoms with van der Waals surface area (Å²) < 4.78 is 54.4. The van der Waals surface area contributed by atoms with E-state index < -0.39 is 26.9 Å². The highest BCUT2D eigenvalue weighted by atomic mass is 28.4. The van der Waals surface area contributed by atoms with Gasteiger partial charge in [0.15, 0.2) is 0 Å². The lowest BCUT2D eigenvalue weighted by atomic mass is 9.93. The highest BCUT2D eigenvalue weighted by molar-refractivity contribution is 6.73. The molecule has 0 amide bonds. The molecule has 4 aliphatic rings. The van der Waals surface area contributed by atoms with E-state index >= 15 is 0 Å². The molecule has 0 radical (unpaired) electrons. The number of benzene rings is 4. The van der Waals surface area contributed by atoms with E-state index in [0.717, 1.165) is 16.7 Å². The van der Waals surface area contributed by atoms with Gasteiger partial charge in [0.25, 0.3) is 0 Å². The lowest BCUT2D eigenvalue weighted by Gasteiger charge is -2.56. The molecule has 3 fully saturated rings. The average molecular weight is 837 g/mol. The van der Waals surface area contributed by atoms with Crippen LogP contribution in [0.4, 0.5) is 0 Å². The quantitative estimate of drug-likeness (QED) is 0.111. The number of hydrogen-bond acceptors (Lipinski definition) is 9. The fourth-order valence-corrected chi connectivity index (χ4v) is 14.7. The minimum absolute atomic E-state index is 0.153. The monoisotopic (exact) mass is 836 g/mol. The molecule has 3 saturated heterocycles. The summed E-state index contributed by atoms with van der Waals surface area (Å²) in [5, 5.41) is 13.8. The van der Waals surface area contributed by atoms with E-state index in [1.54, 1.807) is 0 Å². The Bertz CT molecular complexity index is 2000. The van der Waals surface area contributed by atoms with Gasteiger partial charge in [0.05, 0.1) is 75.8 Å². The predicted octanol–water partition coefficient (Wildman–Crippen LogP) is 9.37. The number of rotatable bonds is 12. The highest BCUT2D eigenvalue weighted by Gasteiger charge is 2.63. The summed E-state index contributed by atoms with van der Waals surface area (Å²) in [4.78, 5) is 0. The Balaban J connectivity index is 1.03. The molecule has 4 aliphatic heterocycles. The van der Waals surface area contributed by atoms with Crippen LogP contribution in [0.1, 0.15) is 77.5 Å². The van der Waals surface area contributed by atoms with Crippen LogP contribution in [0.5, 0.6) is 0 Å². The van der Waals surface area contributed by atoms with Gasteiger partial charge in [-0.1, -0.05) is 151 Å². The maximum absolute atomic E-state index is 11.7. The summed E-state index contributed by atoms with van der Waals surface area (Å²) in [6, 6.07) is 35.2. The second-order valence-electron chi connectivity index (χ2n) is 19.1. The molecule has 0 aliphatic carbocycles. The molecule has 2 unspecified atom stereocenters. The van der Waals surface area contributed by atoms with Gasteiger partial charge in [-0.3, -0.25) is 0 Å². The first kappa shape index (κ1) is 43.4. The average Bonchev–Trinajstić information content (AvgIpc) is 3.38. The minimum atomic E-state index is -2.73. The maximum Gasteiger partial charge on any atom is 0.349 e. The van der Waals surface area contributed by atoms with E-state index in [1.165, 1.54) is 10.8 Å². The third-order valence-electron chi connectivity index (χ3n) is 12.6. The molecule has 4 heterocycles. The third-order valence-corrected chi connectivity index (χ3v) is 17.8. The lowest BCUT2D eigenvalue weighted by Crippen LogP contribution is -2.67. The molecular weight excluding hydrogens is 773 g/mol. The standard InChI is InChI=1S/C50H64O9Si/c1-49(2,3)60(50(4,5)6)55-33-48-46(59-60)28-44-40(56-48)24-23-39(51)41(57-44)26-45-42(54-31-36-21-22-37-19-13-14-20-38(37)25-36)27-43(53-30-35-17-11-8-12-18-35)47(58-45)32-52-29-34-15-9-7-10-16-34/h7-25,39-48,51H,26-33H2,1-6H3/t39?,40-,41?,42-,43+,44+,45+,46-,47-,48+/m0/s1. The van der Waals surface area contributed by atoms with Crippen molar-refractivity contribution in [1.29, 1.82) is 0 Å². The van der Waals surface area contributed by atoms with Gasteiger partial charge in [0.2, 0.25) is 0 Å². The van der Waals surface area contributed by atoms with Crippen molar-refractivity contribution in [2.24, 2.45) is 0 Å². The number of fused-ring (bicyclic) bond motifs is 3. The van der Waals surface area contributed by atoms with E-state index in [9.17, 15) is 5.11 Å². The van der Waals surface area contributed by atoms with Gasteiger partial charge >= 0.3 is 8.56 Å². The number of aliphatic hydroxyl groups is 1. The van der Waals surface area contributed by atoms with Gasteiger partial charge < -0.3 is 42.4 Å². The van der Waals surface area contributed by atoms with Crippen molar-refractivity contribution in [3.8, 4) is 0 Å². The zero-order valence-electron chi connectivity index (χ0n) is 36.1. The third kappa shape index (κ3) is 9.84. The zero-order valence-corrected chi connectivity index (χ0v) is 37.1. The Morgan fingerprint density at radius 1 is 0.600 bits per heavy atom. The van der Waals surface area contributed by atoms with Crippen LogP contribution in [0.3, 0.4) is 0 Å². The highest BCUT2D eigenvalue weighted by Crippen LogP contribution is 2.55. The van der Waals surface area contributed by atoms with Crippen LogP contribution in [0.2, 0.25) is 10.1 Å². The Hall–Kier alpha value is -3.26. The Morgan fingerprint density at radius 3 is 1.93 bits per heavy atom. The van der Waals surface area contributed by atoms with Crippen molar-refractivity contribution in [2.75, 3.05) is 13.2 Å². The topological polar surface area (TPSA) is 94.1 Å². The van der Waals surface area contributed by atoms with Crippen LogP contribution in [0.15, 0.2) is 115 Å². The zero-order chi connectivity index (χ0) is 41.9. The molecule has 10 heteroatoms. The molecule has 4 aromatic carbocycles. The summed E-state index contributed by atoms with van der Waals surface area (Å²) in [7, 11) is -2.73. The van der Waals surface area contributed by atoms with Gasteiger partial charge in [-0.05, 0) is 33.5 Å². The second kappa shape index (κ2) is 18.6. The van der Waals surface area contributed by atoms with Crippen LogP contribution in [-0.4, -0.2) is 87.9 Å². The first-order valence-corrected chi connectivity index (χ1v) is 23.7. The normalized spacial score (nSPS) is 30.6. The first-order valence-electron chi connectivity index (χ1n) is 21.9. The molecule has 10 atom stereocenters. The van der Waals surface area contributed by atoms with Crippen LogP contribution in [0.25, 0.3) is 10.8 Å². The van der Waals surface area contributed by atoms with E-state index in [-0.39, 0.29) is 52.8 Å². The lowest BCUT2D eigenvalue weighted by molar-refractivity contribution is -0.236. The van der Waals surface area contributed by atoms with Crippen molar-refractivity contribution in [1.82, 2.24) is 0 Å². The Labute approximate surface area is 357 Å². The fraction of sp³-hybridized carbons (Fsp3) is 0.520. The van der Waals surface area contributed by atoms with E-state index in [4.69, 9.17) is 37.3 Å². The fourth-order valence-electron chi connectivity index (χ4n) is 9.71. The van der Waals surface area contributed by atoms with Crippen molar-refractivity contribution >= 4 is 19.3 Å². The summed E-state index contributed by atoms with van der Waals surface area (Å²) in [6.45, 7) is 15.5. The SMILES string of the molecule is CC(C)(C)[Si]1(C(C)(C)C)OC[C@H]2O[C@H]3C=CC(O)C(C[C@H]4O[C@@H](COCc5ccccc5)[C@H](OCc5ccccc5)C[C@@H]4OCc4ccc5ccccc5c4)O[C@@H]3C[C@@H]2O1. The van der Waals surface area contributed by atoms with Gasteiger partial charge in [0.1, 0.15) is 18.3 Å². The van der Waals surface area contributed by atoms with Gasteiger partial charge in [-0.2, -0.15) is 0 Å². The molecule has 9 nitrogen and oxygen atoms in total.